The number of aryl methyl sites for hydroxylation is 2. The number of nitrogens with zero attached hydrogens (tertiary/aromatic N) is 2. The third-order valence-corrected chi connectivity index (χ3v) is 5.97. The summed E-state index contributed by atoms with van der Waals surface area (Å²) in [6, 6.07) is 10.0. The molecular weight excluding hydrogens is 388 g/mol. The minimum Gasteiger partial charge on any atom is -0.456 e. The summed E-state index contributed by atoms with van der Waals surface area (Å²) in [7, 11) is 0. The molecule has 1 amide bonds. The van der Waals surface area contributed by atoms with Crippen molar-refractivity contribution in [2.45, 2.75) is 32.7 Å². The normalized spacial score (nSPS) is 13.2. The Balaban J connectivity index is 1.22. The molecule has 0 saturated carbocycles. The number of esters is 1. The number of aromatic nitrogens is 1. The van der Waals surface area contributed by atoms with Gasteiger partial charge in [-0.25, -0.2) is 4.98 Å². The van der Waals surface area contributed by atoms with Gasteiger partial charge >= 0.3 is 5.97 Å². The van der Waals surface area contributed by atoms with Gasteiger partial charge < -0.3 is 14.1 Å². The smallest absolute Gasteiger partial charge is 0.306 e. The van der Waals surface area contributed by atoms with Crippen molar-refractivity contribution in [3.8, 4) is 11.3 Å². The van der Waals surface area contributed by atoms with Crippen LogP contribution in [0, 0.1) is 6.92 Å². The van der Waals surface area contributed by atoms with E-state index in [2.05, 4.69) is 4.98 Å². The third kappa shape index (κ3) is 4.74. The van der Waals surface area contributed by atoms with E-state index < -0.39 is 5.97 Å². The fourth-order valence-corrected chi connectivity index (χ4v) is 4.14. The zero-order valence-electron chi connectivity index (χ0n) is 16.2. The average molecular weight is 410 g/mol. The first-order valence-corrected chi connectivity index (χ1v) is 10.5. The van der Waals surface area contributed by atoms with E-state index in [-0.39, 0.29) is 18.9 Å². The molecule has 29 heavy (non-hydrogen) atoms. The molecule has 0 radical (unpaired) electrons. The highest BCUT2D eigenvalue weighted by Crippen LogP contribution is 2.24. The van der Waals surface area contributed by atoms with Crippen LogP contribution in [0.2, 0.25) is 0 Å². The molecule has 0 bridgehead atoms. The third-order valence-electron chi connectivity index (χ3n) is 4.95. The van der Waals surface area contributed by atoms with Gasteiger partial charge in [0.15, 0.2) is 18.3 Å². The van der Waals surface area contributed by atoms with Gasteiger partial charge in [0.05, 0.1) is 12.6 Å². The molecular formula is C22H22N2O4S. The average Bonchev–Trinajstić information content (AvgIpc) is 3.40. The Bertz CT molecular complexity index is 1010. The molecule has 1 aliphatic heterocycles. The van der Waals surface area contributed by atoms with E-state index in [1.165, 1.54) is 16.0 Å². The number of thiophene rings is 1. The summed E-state index contributed by atoms with van der Waals surface area (Å²) in [6.07, 6.45) is 2.97. The van der Waals surface area contributed by atoms with Gasteiger partial charge in [-0.3, -0.25) is 9.59 Å². The van der Waals surface area contributed by atoms with Gasteiger partial charge in [0.1, 0.15) is 0 Å². The van der Waals surface area contributed by atoms with Crippen molar-refractivity contribution in [1.29, 1.82) is 0 Å². The highest BCUT2D eigenvalue weighted by Gasteiger charge is 2.22. The number of benzene rings is 1. The summed E-state index contributed by atoms with van der Waals surface area (Å²) in [6.45, 7) is 3.06. The molecule has 4 rings (SSSR count). The topological polar surface area (TPSA) is 72.6 Å². The van der Waals surface area contributed by atoms with Gasteiger partial charge in [-0.05, 0) is 30.4 Å². The first-order chi connectivity index (χ1) is 14.1. The Morgan fingerprint density at radius 2 is 2.07 bits per heavy atom. The number of oxazole rings is 1. The van der Waals surface area contributed by atoms with Crippen LogP contribution in [0.1, 0.15) is 28.3 Å². The number of carbonyl (C=O) groups excluding carboxylic acids is 2. The molecule has 2 aromatic heterocycles. The van der Waals surface area contributed by atoms with Crippen LogP contribution in [0.4, 0.5) is 0 Å². The molecule has 0 spiro atoms. The second-order valence-corrected chi connectivity index (χ2v) is 8.08. The van der Waals surface area contributed by atoms with Crippen LogP contribution < -0.4 is 0 Å². The van der Waals surface area contributed by atoms with Crippen LogP contribution in [0.25, 0.3) is 11.3 Å². The lowest BCUT2D eigenvalue weighted by Crippen LogP contribution is -2.38. The van der Waals surface area contributed by atoms with E-state index in [9.17, 15) is 9.59 Å². The van der Waals surface area contributed by atoms with Gasteiger partial charge in [0.25, 0.3) is 5.91 Å². The fraction of sp³-hybridized carbons (Fsp3) is 0.318. The van der Waals surface area contributed by atoms with Crippen LogP contribution in [-0.2, 0) is 33.7 Å². The zero-order chi connectivity index (χ0) is 20.2. The van der Waals surface area contributed by atoms with Gasteiger partial charge in [-0.1, -0.05) is 29.8 Å². The van der Waals surface area contributed by atoms with E-state index in [4.69, 9.17) is 9.15 Å². The maximum atomic E-state index is 12.3. The molecule has 3 aromatic rings. The Morgan fingerprint density at radius 1 is 1.24 bits per heavy atom. The van der Waals surface area contributed by atoms with Gasteiger partial charge in [-0.2, -0.15) is 0 Å². The van der Waals surface area contributed by atoms with Crippen LogP contribution in [0.3, 0.4) is 0 Å². The highest BCUT2D eigenvalue weighted by molar-refractivity contribution is 7.10. The predicted octanol–water partition coefficient (Wildman–Crippen LogP) is 3.77. The molecule has 0 fully saturated rings. The van der Waals surface area contributed by atoms with Crippen molar-refractivity contribution in [2.75, 3.05) is 13.2 Å². The van der Waals surface area contributed by atoms with Crippen molar-refractivity contribution < 1.29 is 18.7 Å². The maximum Gasteiger partial charge on any atom is 0.306 e. The Hall–Kier alpha value is -2.93. The largest absolute Gasteiger partial charge is 0.456 e. The monoisotopic (exact) mass is 410 g/mol. The van der Waals surface area contributed by atoms with Crippen LogP contribution in [-0.4, -0.2) is 34.9 Å². The highest BCUT2D eigenvalue weighted by atomic mass is 32.1. The number of ether oxygens (including phenoxy) is 1. The van der Waals surface area contributed by atoms with Crippen molar-refractivity contribution >= 4 is 23.2 Å². The van der Waals surface area contributed by atoms with E-state index >= 15 is 0 Å². The standard InChI is InChI=1S/C22H22N2O4S/c1-15-2-4-16(5-3-15)18-12-23-20(28-18)6-7-22(26)27-14-21(25)24-10-8-19-17(13-24)9-11-29-19/h2-5,9,11-12H,6-8,10,13-14H2,1H3. The van der Waals surface area contributed by atoms with Crippen LogP contribution >= 0.6 is 11.3 Å². The molecule has 3 heterocycles. The van der Waals surface area contributed by atoms with E-state index in [1.54, 1.807) is 22.4 Å². The Kier molecular flexibility index (Phi) is 5.76. The lowest BCUT2D eigenvalue weighted by Gasteiger charge is -2.26. The molecule has 0 atom stereocenters. The number of rotatable bonds is 6. The molecule has 0 N–H and O–H groups in total. The number of hydrogen-bond acceptors (Lipinski definition) is 6. The summed E-state index contributed by atoms with van der Waals surface area (Å²) in [4.78, 5) is 31.6. The van der Waals surface area contributed by atoms with E-state index in [0.29, 0.717) is 31.2 Å². The van der Waals surface area contributed by atoms with Gasteiger partial charge in [-0.15, -0.1) is 11.3 Å². The minimum absolute atomic E-state index is 0.121. The van der Waals surface area contributed by atoms with Gasteiger partial charge in [0.2, 0.25) is 0 Å². The van der Waals surface area contributed by atoms with Crippen molar-refractivity contribution in [2.24, 2.45) is 0 Å². The summed E-state index contributed by atoms with van der Waals surface area (Å²) in [5, 5.41) is 2.05. The quantitative estimate of drug-likeness (QED) is 0.579. The predicted molar refractivity (Wildman–Crippen MR) is 109 cm³/mol. The molecule has 1 aromatic carbocycles. The van der Waals surface area contributed by atoms with Crippen LogP contribution in [0.15, 0.2) is 46.3 Å². The number of carbonyl (C=O) groups is 2. The molecule has 6 nitrogen and oxygen atoms in total. The summed E-state index contributed by atoms with van der Waals surface area (Å²) in [5.74, 6) is 0.556. The molecule has 1 aliphatic rings. The van der Waals surface area contributed by atoms with Crippen molar-refractivity contribution in [3.05, 3.63) is 63.8 Å². The Labute approximate surface area is 173 Å². The van der Waals surface area contributed by atoms with E-state index in [0.717, 1.165) is 12.0 Å². The molecule has 0 saturated heterocycles. The molecule has 0 aliphatic carbocycles. The second kappa shape index (κ2) is 8.61. The summed E-state index contributed by atoms with van der Waals surface area (Å²) < 4.78 is 10.9. The first-order valence-electron chi connectivity index (χ1n) is 9.59. The lowest BCUT2D eigenvalue weighted by molar-refractivity contribution is -0.152. The molecule has 7 heteroatoms. The minimum atomic E-state index is -0.429. The first kappa shape index (κ1) is 19.4. The summed E-state index contributed by atoms with van der Waals surface area (Å²) >= 11 is 1.72. The maximum absolute atomic E-state index is 12.3. The van der Waals surface area contributed by atoms with Crippen molar-refractivity contribution in [1.82, 2.24) is 9.88 Å². The fourth-order valence-electron chi connectivity index (χ4n) is 3.25. The van der Waals surface area contributed by atoms with Crippen molar-refractivity contribution in [3.63, 3.8) is 0 Å². The number of amides is 1. The Morgan fingerprint density at radius 3 is 2.90 bits per heavy atom. The van der Waals surface area contributed by atoms with E-state index in [1.807, 2.05) is 42.6 Å². The lowest BCUT2D eigenvalue weighted by atomic mass is 10.1. The number of hydrogen-bond donors (Lipinski definition) is 0. The second-order valence-electron chi connectivity index (χ2n) is 7.08. The SMILES string of the molecule is Cc1ccc(-c2cnc(CCC(=O)OCC(=O)N3CCc4sccc4C3)o2)cc1. The summed E-state index contributed by atoms with van der Waals surface area (Å²) in [5.41, 5.74) is 3.30. The van der Waals surface area contributed by atoms with Crippen LogP contribution in [0.5, 0.6) is 0 Å². The molecule has 0 unspecified atom stereocenters. The number of fused-ring (bicyclic) bond motifs is 1. The molecule has 150 valence electrons. The zero-order valence-corrected chi connectivity index (χ0v) is 17.0. The van der Waals surface area contributed by atoms with Gasteiger partial charge in [0, 0.05) is 30.0 Å².